The average Bonchev–Trinajstić information content (AvgIpc) is 2.65. The van der Waals surface area contributed by atoms with Crippen LogP contribution in [-0.2, 0) is 0 Å². The monoisotopic (exact) mass is 335 g/mol. The van der Waals surface area contributed by atoms with Gasteiger partial charge >= 0.3 is 0 Å². The van der Waals surface area contributed by atoms with E-state index in [1.165, 1.54) is 18.2 Å². The Kier molecular flexibility index (Phi) is 2.33. The molecular formula is C23H20FN. The van der Waals surface area contributed by atoms with Gasteiger partial charge in [0, 0.05) is 30.8 Å². The standard InChI is InChI=1S/C23H20FN/c1-13-9-19-18-7-8-25-23(17-6-5-14(2)15(3)11-17)20(18)12-16(4)22(19)21(24)10-13/h5-12H,1-4H3/i2D3,3D3. The molecule has 0 aliphatic heterocycles. The summed E-state index contributed by atoms with van der Waals surface area (Å²) in [4.78, 5) is 4.47. The first-order valence-electron chi connectivity index (χ1n) is 11.0. The normalized spacial score (nSPS) is 16.0. The van der Waals surface area contributed by atoms with Crippen LogP contribution < -0.4 is 0 Å². The van der Waals surface area contributed by atoms with Gasteiger partial charge in [0.1, 0.15) is 5.82 Å². The summed E-state index contributed by atoms with van der Waals surface area (Å²) in [6.07, 6.45) is 1.60. The van der Waals surface area contributed by atoms with E-state index in [0.717, 1.165) is 27.3 Å². The molecule has 1 aromatic heterocycles. The summed E-state index contributed by atoms with van der Waals surface area (Å²) in [5, 5.41) is 2.83. The molecule has 0 radical (unpaired) electrons. The Hall–Kier alpha value is -2.74. The minimum absolute atomic E-state index is 0.198. The van der Waals surface area contributed by atoms with Crippen LogP contribution in [0.5, 0.6) is 0 Å². The smallest absolute Gasteiger partial charge is 0.131 e. The summed E-state index contributed by atoms with van der Waals surface area (Å²) in [5.41, 5.74) is 2.13. The largest absolute Gasteiger partial charge is 0.256 e. The highest BCUT2D eigenvalue weighted by molar-refractivity contribution is 6.12. The SMILES string of the molecule is [2H]C([2H])([2H])c1ccc(-c2nccc3c2cc(C)c2c(F)cc(C)cc23)cc1C([2H])([2H])[2H]. The second-order valence-corrected chi connectivity index (χ2v) is 6.38. The van der Waals surface area contributed by atoms with Gasteiger partial charge in [-0.3, -0.25) is 4.98 Å². The third kappa shape index (κ3) is 2.49. The summed E-state index contributed by atoms with van der Waals surface area (Å²) in [7, 11) is 0. The first-order chi connectivity index (χ1) is 14.4. The number of rotatable bonds is 1. The van der Waals surface area contributed by atoms with Crippen molar-refractivity contribution in [2.24, 2.45) is 0 Å². The highest BCUT2D eigenvalue weighted by Crippen LogP contribution is 2.35. The van der Waals surface area contributed by atoms with Gasteiger partial charge < -0.3 is 0 Å². The molecule has 0 atom stereocenters. The highest BCUT2D eigenvalue weighted by atomic mass is 19.1. The highest BCUT2D eigenvalue weighted by Gasteiger charge is 2.13. The third-order valence-corrected chi connectivity index (χ3v) is 4.56. The van der Waals surface area contributed by atoms with Crippen LogP contribution in [0.4, 0.5) is 4.39 Å². The maximum absolute atomic E-state index is 14.7. The minimum Gasteiger partial charge on any atom is -0.256 e. The van der Waals surface area contributed by atoms with E-state index < -0.39 is 13.7 Å². The molecule has 3 aromatic carbocycles. The summed E-state index contributed by atoms with van der Waals surface area (Å²) >= 11 is 0. The van der Waals surface area contributed by atoms with Gasteiger partial charge in [-0.15, -0.1) is 0 Å². The van der Waals surface area contributed by atoms with Gasteiger partial charge in [0.05, 0.1) is 5.69 Å². The molecule has 25 heavy (non-hydrogen) atoms. The van der Waals surface area contributed by atoms with Gasteiger partial charge in [0.15, 0.2) is 0 Å². The number of fused-ring (bicyclic) bond motifs is 3. The number of nitrogens with zero attached hydrogens (tertiary/aromatic N) is 1. The summed E-state index contributed by atoms with van der Waals surface area (Å²) in [5.74, 6) is -0.292. The molecule has 4 aromatic rings. The van der Waals surface area contributed by atoms with E-state index >= 15 is 0 Å². The van der Waals surface area contributed by atoms with E-state index in [4.69, 9.17) is 8.22 Å². The number of hydrogen-bond donors (Lipinski definition) is 0. The predicted octanol–water partition coefficient (Wildman–Crippen LogP) is 6.43. The fourth-order valence-electron chi connectivity index (χ4n) is 3.42. The Morgan fingerprint density at radius 1 is 0.840 bits per heavy atom. The zero-order valence-electron chi connectivity index (χ0n) is 19.9. The second kappa shape index (κ2) is 5.66. The number of aryl methyl sites for hydroxylation is 4. The summed E-state index contributed by atoms with van der Waals surface area (Å²) in [6, 6.07) is 11.4. The van der Waals surface area contributed by atoms with Gasteiger partial charge in [0.2, 0.25) is 0 Å². The average molecular weight is 335 g/mol. The van der Waals surface area contributed by atoms with Gasteiger partial charge in [-0.2, -0.15) is 0 Å². The van der Waals surface area contributed by atoms with Crippen LogP contribution in [0.25, 0.3) is 32.8 Å². The van der Waals surface area contributed by atoms with Crippen LogP contribution in [0.15, 0.2) is 48.7 Å². The molecule has 2 heteroatoms. The van der Waals surface area contributed by atoms with Crippen LogP contribution in [0, 0.1) is 33.4 Å². The van der Waals surface area contributed by atoms with Crippen molar-refractivity contribution < 1.29 is 12.6 Å². The number of halogens is 1. The first-order valence-corrected chi connectivity index (χ1v) is 8.01. The number of pyridine rings is 1. The van der Waals surface area contributed by atoms with Crippen molar-refractivity contribution in [3.63, 3.8) is 0 Å². The van der Waals surface area contributed by atoms with E-state index in [-0.39, 0.29) is 16.9 Å². The molecule has 0 bridgehead atoms. The maximum Gasteiger partial charge on any atom is 0.131 e. The lowest BCUT2D eigenvalue weighted by atomic mass is 9.93. The Morgan fingerprint density at radius 3 is 2.48 bits per heavy atom. The van der Waals surface area contributed by atoms with Gasteiger partial charge in [-0.05, 0) is 84.8 Å². The molecule has 0 saturated carbocycles. The molecule has 0 saturated heterocycles. The van der Waals surface area contributed by atoms with Crippen molar-refractivity contribution in [3.05, 3.63) is 76.7 Å². The maximum atomic E-state index is 14.7. The van der Waals surface area contributed by atoms with Gasteiger partial charge in [0.25, 0.3) is 0 Å². The minimum atomic E-state index is -2.59. The lowest BCUT2D eigenvalue weighted by Gasteiger charge is -2.13. The lowest BCUT2D eigenvalue weighted by molar-refractivity contribution is 0.638. The molecule has 0 aliphatic carbocycles. The van der Waals surface area contributed by atoms with Crippen LogP contribution in [0.1, 0.15) is 30.5 Å². The number of aromatic nitrogens is 1. The Bertz CT molecular complexity index is 1340. The molecule has 1 heterocycles. The fourth-order valence-corrected chi connectivity index (χ4v) is 3.42. The van der Waals surface area contributed by atoms with Crippen molar-refractivity contribution >= 4 is 21.5 Å². The van der Waals surface area contributed by atoms with Crippen LogP contribution in [0.3, 0.4) is 0 Å². The third-order valence-electron chi connectivity index (χ3n) is 4.56. The van der Waals surface area contributed by atoms with E-state index in [1.807, 2.05) is 26.0 Å². The summed E-state index contributed by atoms with van der Waals surface area (Å²) in [6.45, 7) is -1.49. The molecule has 124 valence electrons. The Balaban J connectivity index is 2.06. The fraction of sp³-hybridized carbons (Fsp3) is 0.174. The molecule has 0 spiro atoms. The second-order valence-electron chi connectivity index (χ2n) is 6.38. The molecule has 0 fully saturated rings. The first kappa shape index (κ1) is 10.3. The summed E-state index contributed by atoms with van der Waals surface area (Å²) < 4.78 is 61.2. The van der Waals surface area contributed by atoms with Crippen molar-refractivity contribution in [2.75, 3.05) is 0 Å². The van der Waals surface area contributed by atoms with Crippen molar-refractivity contribution in [2.45, 2.75) is 27.6 Å². The number of hydrogen-bond acceptors (Lipinski definition) is 1. The molecule has 0 N–H and O–H groups in total. The van der Waals surface area contributed by atoms with Crippen molar-refractivity contribution in [1.29, 1.82) is 0 Å². The van der Waals surface area contributed by atoms with Crippen LogP contribution >= 0.6 is 0 Å². The molecule has 0 aliphatic rings. The Labute approximate surface area is 155 Å². The van der Waals surface area contributed by atoms with Crippen molar-refractivity contribution in [1.82, 2.24) is 4.98 Å². The lowest BCUT2D eigenvalue weighted by Crippen LogP contribution is -1.93. The van der Waals surface area contributed by atoms with E-state index in [0.29, 0.717) is 16.6 Å². The zero-order chi connectivity index (χ0) is 22.7. The predicted molar refractivity (Wildman–Crippen MR) is 104 cm³/mol. The van der Waals surface area contributed by atoms with Gasteiger partial charge in [-0.25, -0.2) is 4.39 Å². The molecule has 0 unspecified atom stereocenters. The van der Waals surface area contributed by atoms with E-state index in [1.54, 1.807) is 18.3 Å². The van der Waals surface area contributed by atoms with Crippen LogP contribution in [-0.4, -0.2) is 4.98 Å². The molecule has 0 amide bonds. The number of benzene rings is 3. The molecule has 1 nitrogen and oxygen atoms in total. The molecular weight excluding hydrogens is 309 g/mol. The van der Waals surface area contributed by atoms with Crippen LogP contribution in [0.2, 0.25) is 0 Å². The van der Waals surface area contributed by atoms with Crippen molar-refractivity contribution in [3.8, 4) is 11.3 Å². The van der Waals surface area contributed by atoms with E-state index in [9.17, 15) is 4.39 Å². The van der Waals surface area contributed by atoms with Gasteiger partial charge in [-0.1, -0.05) is 18.2 Å². The quantitative estimate of drug-likeness (QED) is 0.365. The topological polar surface area (TPSA) is 12.9 Å². The van der Waals surface area contributed by atoms with E-state index in [2.05, 4.69) is 4.98 Å². The zero-order valence-corrected chi connectivity index (χ0v) is 13.9. The Morgan fingerprint density at radius 2 is 1.68 bits per heavy atom. The molecule has 4 rings (SSSR count).